The summed E-state index contributed by atoms with van der Waals surface area (Å²) in [7, 11) is 0. The van der Waals surface area contributed by atoms with Gasteiger partial charge >= 0.3 is 0 Å². The number of aliphatic hydroxyl groups excluding tert-OH is 1. The van der Waals surface area contributed by atoms with Crippen LogP contribution in [0.3, 0.4) is 0 Å². The van der Waals surface area contributed by atoms with E-state index in [0.29, 0.717) is 0 Å². The van der Waals surface area contributed by atoms with Crippen LogP contribution in [-0.2, 0) is 0 Å². The van der Waals surface area contributed by atoms with E-state index in [9.17, 15) is 0 Å². The largest absolute Gasteiger partial charge is 0.494 e. The van der Waals surface area contributed by atoms with Gasteiger partial charge in [0, 0.05) is 12.1 Å². The van der Waals surface area contributed by atoms with E-state index in [0.717, 1.165) is 36.4 Å². The first-order valence-corrected chi connectivity index (χ1v) is 7.35. The van der Waals surface area contributed by atoms with Gasteiger partial charge in [0.1, 0.15) is 12.4 Å². The third-order valence-electron chi connectivity index (χ3n) is 3.59. The smallest absolute Gasteiger partial charge is 0.119 e. The highest BCUT2D eigenvalue weighted by Crippen LogP contribution is 2.17. The van der Waals surface area contributed by atoms with Crippen molar-refractivity contribution in [2.75, 3.05) is 32.8 Å². The van der Waals surface area contributed by atoms with Crippen molar-refractivity contribution in [3.8, 4) is 17.6 Å². The standard InChI is InChI=1S/C17H23NO2/c1-15-14-17(8-7-16(15)6-4-12-19)20-13-5-11-18-9-2-3-10-18/h7-8,14,19H,2-3,5,9-13H2,1H3. The molecule has 1 aliphatic heterocycles. The topological polar surface area (TPSA) is 32.7 Å². The van der Waals surface area contributed by atoms with Crippen molar-refractivity contribution in [2.24, 2.45) is 0 Å². The zero-order chi connectivity index (χ0) is 14.2. The minimum Gasteiger partial charge on any atom is -0.494 e. The van der Waals surface area contributed by atoms with E-state index in [4.69, 9.17) is 9.84 Å². The van der Waals surface area contributed by atoms with E-state index in [1.807, 2.05) is 25.1 Å². The summed E-state index contributed by atoms with van der Waals surface area (Å²) in [5.74, 6) is 6.50. The number of aryl methyl sites for hydroxylation is 1. The summed E-state index contributed by atoms with van der Waals surface area (Å²) < 4.78 is 5.78. The first-order chi connectivity index (χ1) is 9.79. The Bertz CT molecular complexity index is 481. The lowest BCUT2D eigenvalue weighted by molar-refractivity contribution is 0.263. The molecule has 0 bridgehead atoms. The Morgan fingerprint density at radius 3 is 2.80 bits per heavy atom. The highest BCUT2D eigenvalue weighted by Gasteiger charge is 2.10. The fourth-order valence-electron chi connectivity index (χ4n) is 2.49. The fourth-order valence-corrected chi connectivity index (χ4v) is 2.49. The van der Waals surface area contributed by atoms with Crippen LogP contribution in [0.2, 0.25) is 0 Å². The van der Waals surface area contributed by atoms with Gasteiger partial charge in [-0.2, -0.15) is 0 Å². The number of hydrogen-bond donors (Lipinski definition) is 1. The summed E-state index contributed by atoms with van der Waals surface area (Å²) in [5, 5.41) is 8.70. The van der Waals surface area contributed by atoms with Crippen LogP contribution in [0.25, 0.3) is 0 Å². The van der Waals surface area contributed by atoms with Crippen molar-refractivity contribution in [2.45, 2.75) is 26.2 Å². The lowest BCUT2D eigenvalue weighted by Crippen LogP contribution is -2.21. The summed E-state index contributed by atoms with van der Waals surface area (Å²) in [4.78, 5) is 2.50. The molecule has 1 aliphatic rings. The zero-order valence-corrected chi connectivity index (χ0v) is 12.2. The van der Waals surface area contributed by atoms with Gasteiger partial charge in [0.15, 0.2) is 0 Å². The maximum atomic E-state index is 8.70. The van der Waals surface area contributed by atoms with E-state index >= 15 is 0 Å². The molecular formula is C17H23NO2. The molecule has 1 heterocycles. The van der Waals surface area contributed by atoms with Crippen LogP contribution in [0.15, 0.2) is 18.2 Å². The van der Waals surface area contributed by atoms with Crippen LogP contribution < -0.4 is 4.74 Å². The first kappa shape index (κ1) is 14.9. The Labute approximate surface area is 121 Å². The van der Waals surface area contributed by atoms with Gasteiger partial charge in [-0.05, 0) is 63.0 Å². The second-order valence-corrected chi connectivity index (χ2v) is 5.19. The quantitative estimate of drug-likeness (QED) is 0.659. The number of benzene rings is 1. The van der Waals surface area contributed by atoms with Crippen LogP contribution in [0.5, 0.6) is 5.75 Å². The van der Waals surface area contributed by atoms with Crippen LogP contribution in [-0.4, -0.2) is 42.9 Å². The molecule has 1 saturated heterocycles. The van der Waals surface area contributed by atoms with Gasteiger partial charge in [0.2, 0.25) is 0 Å². The molecular weight excluding hydrogens is 250 g/mol. The molecule has 1 aromatic rings. The number of hydrogen-bond acceptors (Lipinski definition) is 3. The minimum atomic E-state index is -0.103. The molecule has 108 valence electrons. The lowest BCUT2D eigenvalue weighted by atomic mass is 10.1. The van der Waals surface area contributed by atoms with Crippen LogP contribution in [0.1, 0.15) is 30.4 Å². The SMILES string of the molecule is Cc1cc(OCCCN2CCCC2)ccc1C#CCO. The van der Waals surface area contributed by atoms with Gasteiger partial charge in [-0.3, -0.25) is 0 Å². The molecule has 3 heteroatoms. The molecule has 0 amide bonds. The second kappa shape index (κ2) is 7.94. The Hall–Kier alpha value is -1.50. The summed E-state index contributed by atoms with van der Waals surface area (Å²) in [6, 6.07) is 5.91. The Morgan fingerprint density at radius 2 is 2.10 bits per heavy atom. The van der Waals surface area contributed by atoms with Gasteiger partial charge in [0.05, 0.1) is 6.61 Å². The van der Waals surface area contributed by atoms with Crippen molar-refractivity contribution in [3.05, 3.63) is 29.3 Å². The Kier molecular flexibility index (Phi) is 5.91. The average molecular weight is 273 g/mol. The monoisotopic (exact) mass is 273 g/mol. The summed E-state index contributed by atoms with van der Waals surface area (Å²) in [5.41, 5.74) is 2.03. The molecule has 0 atom stereocenters. The molecule has 2 rings (SSSR count). The Balaban J connectivity index is 1.76. The highest BCUT2D eigenvalue weighted by atomic mass is 16.5. The summed E-state index contributed by atoms with van der Waals surface area (Å²) >= 11 is 0. The van der Waals surface area contributed by atoms with Gasteiger partial charge < -0.3 is 14.7 Å². The van der Waals surface area contributed by atoms with E-state index in [-0.39, 0.29) is 6.61 Å². The molecule has 0 radical (unpaired) electrons. The van der Waals surface area contributed by atoms with Gasteiger partial charge in [-0.25, -0.2) is 0 Å². The average Bonchev–Trinajstić information content (AvgIpc) is 2.96. The molecule has 3 nitrogen and oxygen atoms in total. The summed E-state index contributed by atoms with van der Waals surface area (Å²) in [6.45, 7) is 6.30. The van der Waals surface area contributed by atoms with E-state index < -0.39 is 0 Å². The molecule has 1 fully saturated rings. The van der Waals surface area contributed by atoms with Crippen molar-refractivity contribution in [1.29, 1.82) is 0 Å². The third kappa shape index (κ3) is 4.56. The predicted octanol–water partition coefficient (Wildman–Crippen LogP) is 2.20. The fraction of sp³-hybridized carbons (Fsp3) is 0.529. The number of nitrogens with zero attached hydrogens (tertiary/aromatic N) is 1. The molecule has 0 aliphatic carbocycles. The van der Waals surface area contributed by atoms with Gasteiger partial charge in [-0.15, -0.1) is 0 Å². The zero-order valence-electron chi connectivity index (χ0n) is 12.2. The second-order valence-electron chi connectivity index (χ2n) is 5.19. The first-order valence-electron chi connectivity index (χ1n) is 7.35. The molecule has 1 aromatic carbocycles. The van der Waals surface area contributed by atoms with Crippen molar-refractivity contribution in [1.82, 2.24) is 4.90 Å². The normalized spacial score (nSPS) is 14.9. The molecule has 0 unspecified atom stereocenters. The van der Waals surface area contributed by atoms with Crippen molar-refractivity contribution >= 4 is 0 Å². The van der Waals surface area contributed by atoms with Crippen LogP contribution in [0.4, 0.5) is 0 Å². The summed E-state index contributed by atoms with van der Waals surface area (Å²) in [6.07, 6.45) is 3.76. The van der Waals surface area contributed by atoms with Crippen molar-refractivity contribution < 1.29 is 9.84 Å². The predicted molar refractivity (Wildman–Crippen MR) is 80.9 cm³/mol. The maximum absolute atomic E-state index is 8.70. The number of ether oxygens (including phenoxy) is 1. The Morgan fingerprint density at radius 1 is 1.30 bits per heavy atom. The lowest BCUT2D eigenvalue weighted by Gasteiger charge is -2.14. The van der Waals surface area contributed by atoms with E-state index in [2.05, 4.69) is 16.7 Å². The number of rotatable bonds is 5. The molecule has 20 heavy (non-hydrogen) atoms. The molecule has 0 saturated carbocycles. The molecule has 1 N–H and O–H groups in total. The van der Waals surface area contributed by atoms with Crippen molar-refractivity contribution in [3.63, 3.8) is 0 Å². The van der Waals surface area contributed by atoms with E-state index in [1.54, 1.807) is 0 Å². The molecule has 0 spiro atoms. The number of likely N-dealkylation sites (tertiary alicyclic amines) is 1. The highest BCUT2D eigenvalue weighted by molar-refractivity contribution is 5.44. The van der Waals surface area contributed by atoms with Gasteiger partial charge in [-0.1, -0.05) is 11.8 Å². The number of aliphatic hydroxyl groups is 1. The van der Waals surface area contributed by atoms with Crippen LogP contribution in [0, 0.1) is 18.8 Å². The van der Waals surface area contributed by atoms with E-state index in [1.165, 1.54) is 25.9 Å². The molecule has 0 aromatic heterocycles. The van der Waals surface area contributed by atoms with Gasteiger partial charge in [0.25, 0.3) is 0 Å². The minimum absolute atomic E-state index is 0.103. The van der Waals surface area contributed by atoms with Crippen LogP contribution >= 0.6 is 0 Å². The maximum Gasteiger partial charge on any atom is 0.119 e. The third-order valence-corrected chi connectivity index (χ3v) is 3.59.